The van der Waals surface area contributed by atoms with Gasteiger partial charge in [-0.2, -0.15) is 0 Å². The summed E-state index contributed by atoms with van der Waals surface area (Å²) >= 11 is 0. The third-order valence-electron chi connectivity index (χ3n) is 4.98. The minimum atomic E-state index is -0.299. The van der Waals surface area contributed by atoms with E-state index in [1.165, 1.54) is 12.1 Å². The quantitative estimate of drug-likeness (QED) is 0.805. The molecular formula is C19H30FN3O2. The highest BCUT2D eigenvalue weighted by Crippen LogP contribution is 2.25. The topological polar surface area (TPSA) is 47.0 Å². The number of hydrogen-bond donors (Lipinski definition) is 1. The van der Waals surface area contributed by atoms with Crippen LogP contribution >= 0.6 is 0 Å². The zero-order valence-electron chi connectivity index (χ0n) is 15.7. The summed E-state index contributed by atoms with van der Waals surface area (Å²) in [5, 5.41) is 9.70. The molecule has 1 aromatic rings. The second-order valence-corrected chi connectivity index (χ2v) is 7.44. The lowest BCUT2D eigenvalue weighted by atomic mass is 9.96. The number of amides is 1. The highest BCUT2D eigenvalue weighted by molar-refractivity contribution is 5.94. The van der Waals surface area contributed by atoms with Crippen LogP contribution in [0.2, 0.25) is 0 Å². The lowest BCUT2D eigenvalue weighted by molar-refractivity contribution is 0.0779. The molecule has 0 spiro atoms. The van der Waals surface area contributed by atoms with Crippen LogP contribution in [-0.4, -0.2) is 86.2 Å². The molecule has 0 aliphatic carbocycles. The van der Waals surface area contributed by atoms with Crippen molar-refractivity contribution in [1.82, 2.24) is 14.7 Å². The molecule has 1 heterocycles. The summed E-state index contributed by atoms with van der Waals surface area (Å²) in [7, 11) is 6.17. The van der Waals surface area contributed by atoms with Crippen LogP contribution in [0.5, 0.6) is 0 Å². The first-order valence-corrected chi connectivity index (χ1v) is 8.81. The SMILES string of the molecule is Cc1cc(C(=O)N2C[C@@H](CN(C)CCN(C)C)[C@@H](CO)C2)ccc1F. The molecule has 6 heteroatoms. The van der Waals surface area contributed by atoms with Crippen LogP contribution in [0.3, 0.4) is 0 Å². The van der Waals surface area contributed by atoms with E-state index in [2.05, 4.69) is 16.8 Å². The number of rotatable bonds is 7. The number of benzene rings is 1. The Bertz CT molecular complexity index is 594. The lowest BCUT2D eigenvalue weighted by Crippen LogP contribution is -2.35. The van der Waals surface area contributed by atoms with Gasteiger partial charge in [0.15, 0.2) is 0 Å². The van der Waals surface area contributed by atoms with Crippen LogP contribution in [0.15, 0.2) is 18.2 Å². The van der Waals surface area contributed by atoms with E-state index in [0.29, 0.717) is 24.2 Å². The average Bonchev–Trinajstić information content (AvgIpc) is 2.97. The van der Waals surface area contributed by atoms with Gasteiger partial charge < -0.3 is 19.8 Å². The van der Waals surface area contributed by atoms with Gasteiger partial charge >= 0.3 is 0 Å². The maximum atomic E-state index is 13.4. The molecule has 1 aliphatic heterocycles. The average molecular weight is 351 g/mol. The Kier molecular flexibility index (Phi) is 6.93. The van der Waals surface area contributed by atoms with Crippen molar-refractivity contribution in [3.63, 3.8) is 0 Å². The normalized spacial score (nSPS) is 20.7. The summed E-state index contributed by atoms with van der Waals surface area (Å²) in [5.41, 5.74) is 0.987. The molecule has 1 amide bonds. The summed E-state index contributed by atoms with van der Waals surface area (Å²) in [6, 6.07) is 4.48. The van der Waals surface area contributed by atoms with Gasteiger partial charge in [0.1, 0.15) is 5.82 Å². The van der Waals surface area contributed by atoms with E-state index in [4.69, 9.17) is 0 Å². The predicted octanol–water partition coefficient (Wildman–Crippen LogP) is 1.31. The summed E-state index contributed by atoms with van der Waals surface area (Å²) in [4.78, 5) is 18.9. The molecule has 140 valence electrons. The Balaban J connectivity index is 1.99. The van der Waals surface area contributed by atoms with Gasteiger partial charge in [0.2, 0.25) is 0 Å². The van der Waals surface area contributed by atoms with Gasteiger partial charge in [-0.15, -0.1) is 0 Å². The Morgan fingerprint density at radius 3 is 2.52 bits per heavy atom. The van der Waals surface area contributed by atoms with E-state index < -0.39 is 0 Å². The van der Waals surface area contributed by atoms with Gasteiger partial charge in [-0.3, -0.25) is 4.79 Å². The summed E-state index contributed by atoms with van der Waals surface area (Å²) in [6.45, 7) is 5.71. The highest BCUT2D eigenvalue weighted by atomic mass is 19.1. The molecule has 0 aromatic heterocycles. The second-order valence-electron chi connectivity index (χ2n) is 7.44. The van der Waals surface area contributed by atoms with Gasteiger partial charge in [0, 0.05) is 50.8 Å². The Morgan fingerprint density at radius 1 is 1.24 bits per heavy atom. The largest absolute Gasteiger partial charge is 0.396 e. The van der Waals surface area contributed by atoms with Crippen molar-refractivity contribution in [2.75, 3.05) is 60.5 Å². The summed E-state index contributed by atoms with van der Waals surface area (Å²) in [5.74, 6) is -0.0402. The van der Waals surface area contributed by atoms with Gasteiger partial charge in [0.05, 0.1) is 0 Å². The van der Waals surface area contributed by atoms with Crippen molar-refractivity contribution in [1.29, 1.82) is 0 Å². The first-order chi connectivity index (χ1) is 11.8. The van der Waals surface area contributed by atoms with Crippen LogP contribution in [0.4, 0.5) is 4.39 Å². The van der Waals surface area contributed by atoms with Crippen molar-refractivity contribution in [3.05, 3.63) is 35.1 Å². The Labute approximate surface area is 150 Å². The molecular weight excluding hydrogens is 321 g/mol. The van der Waals surface area contributed by atoms with E-state index >= 15 is 0 Å². The molecule has 1 fully saturated rings. The minimum absolute atomic E-state index is 0.0818. The van der Waals surface area contributed by atoms with Crippen molar-refractivity contribution in [2.24, 2.45) is 11.8 Å². The van der Waals surface area contributed by atoms with Gasteiger partial charge in [0.25, 0.3) is 5.91 Å². The molecule has 0 radical (unpaired) electrons. The molecule has 0 unspecified atom stereocenters. The maximum absolute atomic E-state index is 13.4. The second kappa shape index (κ2) is 8.74. The first kappa shape index (κ1) is 19.8. The van der Waals surface area contributed by atoms with Crippen LogP contribution in [0, 0.1) is 24.6 Å². The number of aliphatic hydroxyl groups excluding tert-OH is 1. The number of halogens is 1. The number of hydrogen-bond acceptors (Lipinski definition) is 4. The minimum Gasteiger partial charge on any atom is -0.396 e. The Hall–Kier alpha value is -1.50. The summed E-state index contributed by atoms with van der Waals surface area (Å²) < 4.78 is 13.4. The van der Waals surface area contributed by atoms with E-state index in [1.54, 1.807) is 17.9 Å². The number of likely N-dealkylation sites (tertiary alicyclic amines) is 1. The molecule has 2 rings (SSSR count). The van der Waals surface area contributed by atoms with E-state index in [0.717, 1.165) is 19.6 Å². The van der Waals surface area contributed by atoms with Gasteiger partial charge in [-0.25, -0.2) is 4.39 Å². The lowest BCUT2D eigenvalue weighted by Gasteiger charge is -2.25. The van der Waals surface area contributed by atoms with Crippen molar-refractivity contribution in [2.45, 2.75) is 6.92 Å². The van der Waals surface area contributed by atoms with Gasteiger partial charge in [-0.05, 0) is 57.7 Å². The molecule has 0 bridgehead atoms. The third-order valence-corrected chi connectivity index (χ3v) is 4.98. The van der Waals surface area contributed by atoms with Crippen LogP contribution in [0.1, 0.15) is 15.9 Å². The Morgan fingerprint density at radius 2 is 1.92 bits per heavy atom. The third kappa shape index (κ3) is 5.23. The van der Waals surface area contributed by atoms with Crippen LogP contribution in [-0.2, 0) is 0 Å². The molecule has 2 atom stereocenters. The molecule has 1 aromatic carbocycles. The maximum Gasteiger partial charge on any atom is 0.253 e. The number of carbonyl (C=O) groups is 1. The fourth-order valence-corrected chi connectivity index (χ4v) is 3.34. The molecule has 1 N–H and O–H groups in total. The molecule has 0 saturated carbocycles. The first-order valence-electron chi connectivity index (χ1n) is 8.81. The number of nitrogens with zero attached hydrogens (tertiary/aromatic N) is 3. The van der Waals surface area contributed by atoms with E-state index in [-0.39, 0.29) is 30.2 Å². The number of aryl methyl sites for hydroxylation is 1. The predicted molar refractivity (Wildman–Crippen MR) is 97.2 cm³/mol. The molecule has 25 heavy (non-hydrogen) atoms. The van der Waals surface area contributed by atoms with Crippen molar-refractivity contribution >= 4 is 5.91 Å². The van der Waals surface area contributed by atoms with Crippen LogP contribution < -0.4 is 0 Å². The fourth-order valence-electron chi connectivity index (χ4n) is 3.34. The standard InChI is InChI=1S/C19H30FN3O2/c1-14-9-15(5-6-18(14)20)19(25)23-11-16(17(12-23)13-24)10-22(4)8-7-21(2)3/h5-6,9,16-17,24H,7-8,10-13H2,1-4H3/t16-,17-/m1/s1. The molecule has 5 nitrogen and oxygen atoms in total. The fraction of sp³-hybridized carbons (Fsp3) is 0.632. The zero-order chi connectivity index (χ0) is 18.6. The smallest absolute Gasteiger partial charge is 0.253 e. The van der Waals surface area contributed by atoms with Gasteiger partial charge in [-0.1, -0.05) is 0 Å². The molecule has 1 aliphatic rings. The van der Waals surface area contributed by atoms with Crippen molar-refractivity contribution in [3.8, 4) is 0 Å². The van der Waals surface area contributed by atoms with E-state index in [1.807, 2.05) is 14.1 Å². The molecule has 1 saturated heterocycles. The number of aliphatic hydroxyl groups is 1. The number of carbonyl (C=O) groups excluding carboxylic acids is 1. The zero-order valence-corrected chi connectivity index (χ0v) is 15.7. The summed E-state index contributed by atoms with van der Waals surface area (Å²) in [6.07, 6.45) is 0. The van der Waals surface area contributed by atoms with Crippen molar-refractivity contribution < 1.29 is 14.3 Å². The monoisotopic (exact) mass is 351 g/mol. The van der Waals surface area contributed by atoms with E-state index in [9.17, 15) is 14.3 Å². The number of likely N-dealkylation sites (N-methyl/N-ethyl adjacent to an activating group) is 2. The highest BCUT2D eigenvalue weighted by Gasteiger charge is 2.35. The van der Waals surface area contributed by atoms with Crippen LogP contribution in [0.25, 0.3) is 0 Å².